The number of anilines is 2. The number of carbonyl (C=O) groups excluding carboxylic acids is 1. The summed E-state index contributed by atoms with van der Waals surface area (Å²) in [5.41, 5.74) is 1.23. The second-order valence-electron chi connectivity index (χ2n) is 8.97. The first kappa shape index (κ1) is 25.2. The fraction of sp³-hybridized carbons (Fsp3) is 0.360. The van der Waals surface area contributed by atoms with Crippen LogP contribution < -0.4 is 15.0 Å². The molecule has 2 aliphatic rings. The lowest BCUT2D eigenvalue weighted by Gasteiger charge is -2.35. The van der Waals surface area contributed by atoms with Gasteiger partial charge in [0.1, 0.15) is 22.4 Å². The Bertz CT molecular complexity index is 1270. The number of halogens is 5. The molecule has 0 spiro atoms. The molecule has 0 aliphatic carbocycles. The number of hydrogen-bond donors (Lipinski definition) is 1. The molecule has 0 radical (unpaired) electrons. The Morgan fingerprint density at radius 3 is 2.30 bits per heavy atom. The third-order valence-electron chi connectivity index (χ3n) is 6.78. The van der Waals surface area contributed by atoms with Crippen molar-refractivity contribution < 1.29 is 27.1 Å². The Labute approximate surface area is 215 Å². The van der Waals surface area contributed by atoms with Gasteiger partial charge in [-0.25, -0.2) is 9.07 Å². The quantitative estimate of drug-likeness (QED) is 0.457. The van der Waals surface area contributed by atoms with Crippen LogP contribution in [0.2, 0.25) is 5.02 Å². The zero-order chi connectivity index (χ0) is 26.3. The highest BCUT2D eigenvalue weighted by Gasteiger charge is 2.48. The number of ether oxygens (including phenoxy) is 1. The van der Waals surface area contributed by atoms with Gasteiger partial charge >= 0.3 is 6.18 Å². The van der Waals surface area contributed by atoms with E-state index in [0.717, 1.165) is 10.4 Å². The number of fused-ring (bicyclic) bond motifs is 1. The summed E-state index contributed by atoms with van der Waals surface area (Å²) in [6.45, 7) is 1.59. The lowest BCUT2D eigenvalue weighted by atomic mass is 9.97. The van der Waals surface area contributed by atoms with Gasteiger partial charge in [-0.15, -0.1) is 0 Å². The first-order valence-corrected chi connectivity index (χ1v) is 12.1. The predicted molar refractivity (Wildman–Crippen MR) is 131 cm³/mol. The van der Waals surface area contributed by atoms with Crippen LogP contribution in [0.15, 0.2) is 48.5 Å². The average molecular weight is 538 g/mol. The SMILES string of the molecule is COc1ccc([C@@H]2C[C@@H](C(F)(F)F)n3nc(C(=O)N4CCN(c5ccc(F)cc5)CC4)c(Cl)c3N2)cc1. The number of methoxy groups -OCH3 is 1. The van der Waals surface area contributed by atoms with Gasteiger partial charge in [0.15, 0.2) is 11.7 Å². The van der Waals surface area contributed by atoms with Crippen molar-refractivity contribution in [3.63, 3.8) is 0 Å². The lowest BCUT2D eigenvalue weighted by molar-refractivity contribution is -0.173. The van der Waals surface area contributed by atoms with E-state index in [0.29, 0.717) is 37.5 Å². The topological polar surface area (TPSA) is 62.6 Å². The lowest BCUT2D eigenvalue weighted by Crippen LogP contribution is -2.49. The maximum Gasteiger partial charge on any atom is 0.410 e. The number of benzene rings is 2. The van der Waals surface area contributed by atoms with Crippen LogP contribution in [0.3, 0.4) is 0 Å². The van der Waals surface area contributed by atoms with Crippen molar-refractivity contribution in [3.05, 3.63) is 70.6 Å². The Morgan fingerprint density at radius 2 is 1.70 bits per heavy atom. The summed E-state index contributed by atoms with van der Waals surface area (Å²) in [5.74, 6) is -0.322. The van der Waals surface area contributed by atoms with E-state index in [1.807, 2.05) is 4.90 Å². The maximum absolute atomic E-state index is 14.1. The molecule has 0 saturated carbocycles. The molecule has 1 saturated heterocycles. The van der Waals surface area contributed by atoms with Crippen molar-refractivity contribution in [2.24, 2.45) is 0 Å². The molecule has 5 rings (SSSR count). The monoisotopic (exact) mass is 537 g/mol. The Kier molecular flexibility index (Phi) is 6.65. The van der Waals surface area contributed by atoms with Gasteiger partial charge in [0, 0.05) is 38.3 Å². The minimum Gasteiger partial charge on any atom is -0.497 e. The highest BCUT2D eigenvalue weighted by molar-refractivity contribution is 6.36. The summed E-state index contributed by atoms with van der Waals surface area (Å²) in [5, 5.41) is 6.96. The van der Waals surface area contributed by atoms with Crippen LogP contribution in [0.25, 0.3) is 0 Å². The summed E-state index contributed by atoms with van der Waals surface area (Å²) in [7, 11) is 1.51. The molecule has 3 aromatic rings. The van der Waals surface area contributed by atoms with Crippen molar-refractivity contribution >= 4 is 29.0 Å². The predicted octanol–water partition coefficient (Wildman–Crippen LogP) is 5.31. The first-order chi connectivity index (χ1) is 17.7. The number of aromatic nitrogens is 2. The number of carbonyl (C=O) groups is 1. The number of nitrogens with zero attached hydrogens (tertiary/aromatic N) is 4. The Morgan fingerprint density at radius 1 is 1.05 bits per heavy atom. The molecule has 2 aromatic carbocycles. The van der Waals surface area contributed by atoms with Crippen molar-refractivity contribution in [3.8, 4) is 5.75 Å². The Hall–Kier alpha value is -3.47. The zero-order valence-corrected chi connectivity index (χ0v) is 20.6. The standard InChI is InChI=1S/C25H24ClF4N5O2/c1-37-18-8-2-15(3-9-18)19-14-20(25(28,29)30)35-23(31-19)21(26)22(32-35)24(36)34-12-10-33(11-13-34)17-6-4-16(27)5-7-17/h2-9,19-20,31H,10-14H2,1H3/t19-,20-/m0/s1. The fourth-order valence-corrected chi connectivity index (χ4v) is 5.01. The molecule has 1 aromatic heterocycles. The molecule has 0 unspecified atom stereocenters. The van der Waals surface area contributed by atoms with Gasteiger partial charge < -0.3 is 19.9 Å². The molecule has 2 atom stereocenters. The normalized spacial score (nSPS) is 19.8. The van der Waals surface area contributed by atoms with Crippen molar-refractivity contribution in [1.82, 2.24) is 14.7 Å². The number of amides is 1. The van der Waals surface area contributed by atoms with Crippen LogP contribution in [0.1, 0.15) is 34.6 Å². The number of hydrogen-bond acceptors (Lipinski definition) is 5. The van der Waals surface area contributed by atoms with Crippen molar-refractivity contribution in [1.29, 1.82) is 0 Å². The Balaban J connectivity index is 1.37. The van der Waals surface area contributed by atoms with E-state index in [1.165, 1.54) is 24.1 Å². The average Bonchev–Trinajstić information content (AvgIpc) is 3.24. The zero-order valence-electron chi connectivity index (χ0n) is 19.8. The van der Waals surface area contributed by atoms with E-state index < -0.39 is 24.2 Å². The molecular weight excluding hydrogens is 514 g/mol. The van der Waals surface area contributed by atoms with Crippen molar-refractivity contribution in [2.45, 2.75) is 24.7 Å². The summed E-state index contributed by atoms with van der Waals surface area (Å²) in [4.78, 5) is 16.8. The van der Waals surface area contributed by atoms with Gasteiger partial charge in [-0.05, 0) is 42.0 Å². The molecule has 7 nitrogen and oxygen atoms in total. The summed E-state index contributed by atoms with van der Waals surface area (Å²) in [6, 6.07) is 10.1. The van der Waals surface area contributed by atoms with E-state index in [4.69, 9.17) is 16.3 Å². The molecule has 1 fully saturated rings. The summed E-state index contributed by atoms with van der Waals surface area (Å²) >= 11 is 6.48. The van der Waals surface area contributed by atoms with Crippen LogP contribution in [0.4, 0.5) is 29.1 Å². The number of piperazine rings is 1. The van der Waals surface area contributed by atoms with E-state index >= 15 is 0 Å². The van der Waals surface area contributed by atoms with E-state index in [-0.39, 0.29) is 28.8 Å². The molecule has 37 heavy (non-hydrogen) atoms. The fourth-order valence-electron chi connectivity index (χ4n) is 4.75. The second kappa shape index (κ2) is 9.77. The molecule has 1 amide bonds. The molecular formula is C25H24ClF4N5O2. The summed E-state index contributed by atoms with van der Waals surface area (Å²) in [6.07, 6.45) is -4.91. The van der Waals surface area contributed by atoms with E-state index in [9.17, 15) is 22.4 Å². The summed E-state index contributed by atoms with van der Waals surface area (Å²) < 4.78 is 61.4. The molecule has 2 aliphatic heterocycles. The van der Waals surface area contributed by atoms with Crippen LogP contribution in [0.5, 0.6) is 5.75 Å². The molecule has 12 heteroatoms. The number of alkyl halides is 3. The van der Waals surface area contributed by atoms with Gasteiger partial charge in [0.2, 0.25) is 0 Å². The number of rotatable bonds is 4. The second-order valence-corrected chi connectivity index (χ2v) is 9.35. The third kappa shape index (κ3) is 4.92. The highest BCUT2D eigenvalue weighted by Crippen LogP contribution is 2.46. The molecule has 0 bridgehead atoms. The highest BCUT2D eigenvalue weighted by atomic mass is 35.5. The first-order valence-electron chi connectivity index (χ1n) is 11.7. The van der Waals surface area contributed by atoms with Gasteiger partial charge in [-0.3, -0.25) is 4.79 Å². The van der Waals surface area contributed by atoms with Gasteiger partial charge in [0.25, 0.3) is 5.91 Å². The third-order valence-corrected chi connectivity index (χ3v) is 7.13. The molecule has 196 valence electrons. The van der Waals surface area contributed by atoms with Crippen LogP contribution in [-0.4, -0.2) is 60.1 Å². The maximum atomic E-state index is 14.1. The number of nitrogens with one attached hydrogen (secondary N) is 1. The minimum atomic E-state index is -4.60. The largest absolute Gasteiger partial charge is 0.497 e. The minimum absolute atomic E-state index is 0.0376. The molecule has 3 heterocycles. The molecule has 1 N–H and O–H groups in total. The van der Waals surface area contributed by atoms with Gasteiger partial charge in [0.05, 0.1) is 13.2 Å². The van der Waals surface area contributed by atoms with E-state index in [1.54, 1.807) is 36.4 Å². The smallest absolute Gasteiger partial charge is 0.410 e. The van der Waals surface area contributed by atoms with Gasteiger partial charge in [-0.1, -0.05) is 23.7 Å². The van der Waals surface area contributed by atoms with Crippen molar-refractivity contribution in [2.75, 3.05) is 43.5 Å². The van der Waals surface area contributed by atoms with E-state index in [2.05, 4.69) is 10.4 Å². The van der Waals surface area contributed by atoms with Crippen LogP contribution in [0, 0.1) is 5.82 Å². The van der Waals surface area contributed by atoms with Crippen LogP contribution >= 0.6 is 11.6 Å². The van der Waals surface area contributed by atoms with Crippen LogP contribution in [-0.2, 0) is 0 Å². The van der Waals surface area contributed by atoms with Gasteiger partial charge in [-0.2, -0.15) is 18.3 Å².